The molecule has 1 rings (SSSR count). The second kappa shape index (κ2) is 5.44. The molecule has 0 spiro atoms. The molecule has 16 heavy (non-hydrogen) atoms. The number of halogens is 1. The molecule has 0 aliphatic carbocycles. The number of sulfonamides is 1. The molecule has 0 aliphatic rings. The van der Waals surface area contributed by atoms with Gasteiger partial charge in [-0.2, -0.15) is 0 Å². The Balaban J connectivity index is 2.93. The van der Waals surface area contributed by atoms with Crippen LogP contribution in [0.25, 0.3) is 0 Å². The first kappa shape index (κ1) is 13.2. The fraction of sp³-hybridized carbons (Fsp3) is 0.375. The van der Waals surface area contributed by atoms with Crippen LogP contribution >= 0.6 is 11.6 Å². The van der Waals surface area contributed by atoms with E-state index in [1.54, 1.807) is 0 Å². The molecule has 0 aromatic carbocycles. The summed E-state index contributed by atoms with van der Waals surface area (Å²) in [6, 6.07) is 1.26. The summed E-state index contributed by atoms with van der Waals surface area (Å²) in [4.78, 5) is 3.56. The number of hydrogen-bond donors (Lipinski definition) is 3. The Bertz CT molecular complexity index is 463. The molecule has 1 aromatic heterocycles. The van der Waals surface area contributed by atoms with Crippen molar-refractivity contribution in [3.63, 3.8) is 0 Å². The van der Waals surface area contributed by atoms with Crippen LogP contribution in [0.4, 0.5) is 5.82 Å². The number of anilines is 1. The second-order valence-corrected chi connectivity index (χ2v) is 5.25. The molecule has 5 N–H and O–H groups in total. The zero-order valence-corrected chi connectivity index (χ0v) is 10.1. The molecule has 0 bridgehead atoms. The Kier molecular flexibility index (Phi) is 4.48. The number of nitrogens with two attached hydrogens (primary N) is 2. The van der Waals surface area contributed by atoms with Crippen LogP contribution in [0.3, 0.4) is 0 Å². The third-order valence-electron chi connectivity index (χ3n) is 1.81. The average molecular weight is 265 g/mol. The van der Waals surface area contributed by atoms with Gasteiger partial charge in [0.1, 0.15) is 10.7 Å². The number of rotatable bonds is 5. The van der Waals surface area contributed by atoms with Crippen molar-refractivity contribution < 1.29 is 8.42 Å². The molecule has 8 heteroatoms. The lowest BCUT2D eigenvalue weighted by Crippen LogP contribution is -2.27. The first-order valence-corrected chi connectivity index (χ1v) is 6.44. The predicted octanol–water partition coefficient (Wildman–Crippen LogP) is -0.0557. The fourth-order valence-electron chi connectivity index (χ4n) is 1.03. The van der Waals surface area contributed by atoms with Gasteiger partial charge in [-0.1, -0.05) is 11.6 Å². The second-order valence-electron chi connectivity index (χ2n) is 3.08. The lowest BCUT2D eigenvalue weighted by Gasteiger charge is -2.08. The van der Waals surface area contributed by atoms with E-state index in [1.807, 2.05) is 0 Å². The van der Waals surface area contributed by atoms with Crippen LogP contribution in [-0.2, 0) is 10.0 Å². The normalized spacial score (nSPS) is 11.6. The van der Waals surface area contributed by atoms with E-state index in [1.165, 1.54) is 12.3 Å². The van der Waals surface area contributed by atoms with Crippen molar-refractivity contribution >= 4 is 27.4 Å². The highest BCUT2D eigenvalue weighted by Gasteiger charge is 2.18. The topological polar surface area (TPSA) is 111 Å². The first-order chi connectivity index (χ1) is 7.47. The maximum atomic E-state index is 11.7. The van der Waals surface area contributed by atoms with Gasteiger partial charge >= 0.3 is 0 Å². The van der Waals surface area contributed by atoms with Gasteiger partial charge in [0, 0.05) is 12.7 Å². The highest BCUT2D eigenvalue weighted by Crippen LogP contribution is 2.19. The summed E-state index contributed by atoms with van der Waals surface area (Å²) in [5.74, 6) is -0.0790. The molecule has 0 saturated carbocycles. The van der Waals surface area contributed by atoms with Crippen LogP contribution in [0, 0.1) is 0 Å². The van der Waals surface area contributed by atoms with Gasteiger partial charge in [0.2, 0.25) is 10.0 Å². The van der Waals surface area contributed by atoms with Gasteiger partial charge in [-0.25, -0.2) is 18.1 Å². The lowest BCUT2D eigenvalue weighted by molar-refractivity contribution is 0.579. The van der Waals surface area contributed by atoms with Crippen molar-refractivity contribution in [3.05, 3.63) is 17.3 Å². The fourth-order valence-corrected chi connectivity index (χ4v) is 2.43. The van der Waals surface area contributed by atoms with Gasteiger partial charge in [0.05, 0.1) is 5.02 Å². The minimum atomic E-state index is -3.66. The smallest absolute Gasteiger partial charge is 0.244 e. The summed E-state index contributed by atoms with van der Waals surface area (Å²) in [7, 11) is -3.66. The third kappa shape index (κ3) is 3.31. The molecular weight excluding hydrogens is 252 g/mol. The number of nitrogen functional groups attached to an aromatic ring is 1. The molecule has 0 aliphatic heterocycles. The van der Waals surface area contributed by atoms with E-state index in [9.17, 15) is 8.42 Å². The molecule has 0 saturated heterocycles. The first-order valence-electron chi connectivity index (χ1n) is 4.58. The van der Waals surface area contributed by atoms with E-state index >= 15 is 0 Å². The van der Waals surface area contributed by atoms with Gasteiger partial charge in [-0.15, -0.1) is 0 Å². The van der Waals surface area contributed by atoms with Crippen LogP contribution in [0.1, 0.15) is 6.42 Å². The van der Waals surface area contributed by atoms with Gasteiger partial charge < -0.3 is 11.5 Å². The van der Waals surface area contributed by atoms with Crippen LogP contribution in [0.15, 0.2) is 17.2 Å². The summed E-state index contributed by atoms with van der Waals surface area (Å²) in [6.07, 6.45) is 1.84. The van der Waals surface area contributed by atoms with Crippen LogP contribution in [0.5, 0.6) is 0 Å². The van der Waals surface area contributed by atoms with E-state index in [-0.39, 0.29) is 22.3 Å². The number of hydrogen-bond acceptors (Lipinski definition) is 5. The summed E-state index contributed by atoms with van der Waals surface area (Å²) in [6.45, 7) is 0.663. The molecule has 6 nitrogen and oxygen atoms in total. The molecule has 0 radical (unpaired) electrons. The summed E-state index contributed by atoms with van der Waals surface area (Å²) >= 11 is 5.65. The molecule has 90 valence electrons. The minimum absolute atomic E-state index is 0.0790. The highest BCUT2D eigenvalue weighted by atomic mass is 35.5. The Hall–Kier alpha value is -0.890. The van der Waals surface area contributed by atoms with E-state index < -0.39 is 10.0 Å². The average Bonchev–Trinajstić information content (AvgIpc) is 2.22. The van der Waals surface area contributed by atoms with Crippen molar-refractivity contribution in [1.82, 2.24) is 9.71 Å². The van der Waals surface area contributed by atoms with Crippen LogP contribution < -0.4 is 16.2 Å². The Morgan fingerprint density at radius 1 is 1.50 bits per heavy atom. The summed E-state index contributed by atoms with van der Waals surface area (Å²) < 4.78 is 25.9. The lowest BCUT2D eigenvalue weighted by atomic mass is 10.4. The molecule has 0 amide bonds. The van der Waals surface area contributed by atoms with E-state index in [4.69, 9.17) is 23.1 Å². The summed E-state index contributed by atoms with van der Waals surface area (Å²) in [5, 5.41) is 0.216. The Morgan fingerprint density at radius 3 is 2.81 bits per heavy atom. The number of nitrogens with one attached hydrogen (secondary N) is 1. The standard InChI is InChI=1S/C8H13ClN4O2S/c9-6-4-7(8(11)12-5-6)16(14,15)13-3-1-2-10/h4-5,13H,1-3,10H2,(H2,11,12). The predicted molar refractivity (Wildman–Crippen MR) is 62.5 cm³/mol. The SMILES string of the molecule is NCCCNS(=O)(=O)c1cc(Cl)cnc1N. The van der Waals surface area contributed by atoms with Crippen LogP contribution in [0.2, 0.25) is 5.02 Å². The van der Waals surface area contributed by atoms with Gasteiger partial charge in [0.25, 0.3) is 0 Å². The molecule has 0 fully saturated rings. The van der Waals surface area contributed by atoms with Crippen molar-refractivity contribution in [1.29, 1.82) is 0 Å². The molecular formula is C8H13ClN4O2S. The number of pyridine rings is 1. The molecule has 0 unspecified atom stereocenters. The zero-order chi connectivity index (χ0) is 12.2. The van der Waals surface area contributed by atoms with Crippen molar-refractivity contribution in [3.8, 4) is 0 Å². The maximum absolute atomic E-state index is 11.7. The monoisotopic (exact) mass is 264 g/mol. The molecule has 1 aromatic rings. The van der Waals surface area contributed by atoms with Gasteiger partial charge in [0.15, 0.2) is 0 Å². The van der Waals surface area contributed by atoms with E-state index in [0.29, 0.717) is 13.0 Å². The Labute approximate surface area is 99.0 Å². The Morgan fingerprint density at radius 2 is 2.19 bits per heavy atom. The summed E-state index contributed by atoms with van der Waals surface area (Å²) in [5.41, 5.74) is 10.7. The third-order valence-corrected chi connectivity index (χ3v) is 3.51. The quantitative estimate of drug-likeness (QED) is 0.646. The highest BCUT2D eigenvalue weighted by molar-refractivity contribution is 7.89. The van der Waals surface area contributed by atoms with Crippen molar-refractivity contribution in [2.45, 2.75) is 11.3 Å². The van der Waals surface area contributed by atoms with Crippen LogP contribution in [-0.4, -0.2) is 26.5 Å². The van der Waals surface area contributed by atoms with Crippen molar-refractivity contribution in [2.75, 3.05) is 18.8 Å². The molecule has 1 heterocycles. The largest absolute Gasteiger partial charge is 0.383 e. The van der Waals surface area contributed by atoms with Crippen molar-refractivity contribution in [2.24, 2.45) is 5.73 Å². The number of nitrogens with zero attached hydrogens (tertiary/aromatic N) is 1. The maximum Gasteiger partial charge on any atom is 0.244 e. The van der Waals surface area contributed by atoms with Gasteiger partial charge in [-0.3, -0.25) is 0 Å². The molecule has 0 atom stereocenters. The minimum Gasteiger partial charge on any atom is -0.383 e. The van der Waals surface area contributed by atoms with E-state index in [0.717, 1.165) is 0 Å². The number of aromatic nitrogens is 1. The zero-order valence-electron chi connectivity index (χ0n) is 8.48. The van der Waals surface area contributed by atoms with Gasteiger partial charge in [-0.05, 0) is 19.0 Å². The van der Waals surface area contributed by atoms with E-state index in [2.05, 4.69) is 9.71 Å².